The molecule has 13 heteroatoms. The molecule has 3 heterocycles. The number of aliphatic hydroxyl groups is 1. The van der Waals surface area contributed by atoms with Crippen LogP contribution in [0, 0.1) is 11.3 Å². The number of piperazine rings is 1. The number of H-pyrrole nitrogens is 1. The van der Waals surface area contributed by atoms with Gasteiger partial charge in [0.1, 0.15) is 6.42 Å². The van der Waals surface area contributed by atoms with Crippen molar-refractivity contribution in [1.29, 1.82) is 5.26 Å². The molecule has 12 nitrogen and oxygen atoms in total. The van der Waals surface area contributed by atoms with Crippen LogP contribution in [-0.4, -0.2) is 101 Å². The number of nitrogens with one attached hydrogen (secondary N) is 2. The summed E-state index contributed by atoms with van der Waals surface area (Å²) in [5.41, 5.74) is 3.80. The quantitative estimate of drug-likeness (QED) is 0.345. The number of sulfonamides is 1. The summed E-state index contributed by atoms with van der Waals surface area (Å²) in [7, 11) is -3.38. The summed E-state index contributed by atoms with van der Waals surface area (Å²) in [6.07, 6.45) is 7.75. The molecule has 218 valence electrons. The van der Waals surface area contributed by atoms with Gasteiger partial charge in [0.25, 0.3) is 0 Å². The molecule has 2 aliphatic rings. The Morgan fingerprint density at radius 2 is 1.95 bits per heavy atom. The standard InChI is InChI=1S/C28H36N8O4S/c1-41(39,40)36(17-18-37)21-7-5-20(6-8-21)32-28-30-12-10-23(33-28)22-19-31-24-3-2-4-25(27(22)24)34-13-15-35(16-14-34)26(38)9-11-29/h2-4,10,12,19-21,31,37H,5-9,13-18H2,1H3,(H,30,32,33). The van der Waals surface area contributed by atoms with Crippen molar-refractivity contribution < 1.29 is 18.3 Å². The van der Waals surface area contributed by atoms with Crippen LogP contribution >= 0.6 is 0 Å². The molecule has 0 bridgehead atoms. The highest BCUT2D eigenvalue weighted by Gasteiger charge is 2.31. The van der Waals surface area contributed by atoms with E-state index in [0.29, 0.717) is 45.0 Å². The first-order valence-corrected chi connectivity index (χ1v) is 15.8. The molecule has 2 fully saturated rings. The van der Waals surface area contributed by atoms with E-state index in [4.69, 9.17) is 10.2 Å². The molecular formula is C28H36N8O4S. The number of nitrogens with zero attached hydrogens (tertiary/aromatic N) is 6. The number of anilines is 2. The molecule has 2 aromatic heterocycles. The second-order valence-electron chi connectivity index (χ2n) is 10.6. The van der Waals surface area contributed by atoms with Crippen molar-refractivity contribution in [3.63, 3.8) is 0 Å². The maximum atomic E-state index is 12.2. The Morgan fingerprint density at radius 1 is 1.20 bits per heavy atom. The fourth-order valence-electron chi connectivity index (χ4n) is 5.99. The minimum atomic E-state index is -3.38. The van der Waals surface area contributed by atoms with Crippen molar-refractivity contribution in [2.75, 3.05) is 55.8 Å². The number of carbonyl (C=O) groups excluding carboxylic acids is 1. The van der Waals surface area contributed by atoms with Gasteiger partial charge in [-0.2, -0.15) is 9.57 Å². The molecular weight excluding hydrogens is 544 g/mol. The summed E-state index contributed by atoms with van der Waals surface area (Å²) in [5.74, 6) is 0.401. The second kappa shape index (κ2) is 12.4. The predicted octanol–water partition coefficient (Wildman–Crippen LogP) is 2.16. The van der Waals surface area contributed by atoms with Gasteiger partial charge < -0.3 is 25.2 Å². The Bertz CT molecular complexity index is 1520. The maximum absolute atomic E-state index is 12.2. The minimum absolute atomic E-state index is 0.0914. The van der Waals surface area contributed by atoms with Crippen LogP contribution in [0.4, 0.5) is 11.6 Å². The van der Waals surface area contributed by atoms with Crippen LogP contribution < -0.4 is 10.2 Å². The molecule has 3 N–H and O–H groups in total. The van der Waals surface area contributed by atoms with Gasteiger partial charge >= 0.3 is 0 Å². The van der Waals surface area contributed by atoms with Gasteiger partial charge in [0.2, 0.25) is 21.9 Å². The smallest absolute Gasteiger partial charge is 0.236 e. The van der Waals surface area contributed by atoms with E-state index >= 15 is 0 Å². The average molecular weight is 581 g/mol. The molecule has 0 atom stereocenters. The van der Waals surface area contributed by atoms with Crippen LogP contribution in [0.5, 0.6) is 0 Å². The van der Waals surface area contributed by atoms with Gasteiger partial charge in [-0.3, -0.25) is 4.79 Å². The lowest BCUT2D eigenvalue weighted by molar-refractivity contribution is -0.130. The van der Waals surface area contributed by atoms with Gasteiger partial charge in [0, 0.05) is 79.4 Å². The van der Waals surface area contributed by atoms with Crippen molar-refractivity contribution >= 4 is 38.5 Å². The van der Waals surface area contributed by atoms with Crippen LogP contribution in [0.1, 0.15) is 32.1 Å². The molecule has 41 heavy (non-hydrogen) atoms. The van der Waals surface area contributed by atoms with Crippen LogP contribution in [0.15, 0.2) is 36.7 Å². The van der Waals surface area contributed by atoms with E-state index < -0.39 is 10.0 Å². The van der Waals surface area contributed by atoms with Gasteiger partial charge in [-0.05, 0) is 43.9 Å². The zero-order valence-corrected chi connectivity index (χ0v) is 24.0. The normalized spacial score (nSPS) is 19.9. The molecule has 5 rings (SSSR count). The average Bonchev–Trinajstić information content (AvgIpc) is 3.41. The number of hydrogen-bond acceptors (Lipinski definition) is 9. The Balaban J connectivity index is 1.30. The maximum Gasteiger partial charge on any atom is 0.236 e. The lowest BCUT2D eigenvalue weighted by Gasteiger charge is -2.36. The number of carbonyl (C=O) groups is 1. The molecule has 1 aromatic carbocycles. The van der Waals surface area contributed by atoms with Crippen molar-refractivity contribution in [1.82, 2.24) is 24.2 Å². The lowest BCUT2D eigenvalue weighted by atomic mass is 9.91. The topological polar surface area (TPSA) is 159 Å². The Kier molecular flexibility index (Phi) is 8.72. The zero-order valence-electron chi connectivity index (χ0n) is 23.2. The lowest BCUT2D eigenvalue weighted by Crippen LogP contribution is -2.48. The Morgan fingerprint density at radius 3 is 2.63 bits per heavy atom. The summed E-state index contributed by atoms with van der Waals surface area (Å²) in [5, 5.41) is 22.7. The highest BCUT2D eigenvalue weighted by Crippen LogP contribution is 2.36. The molecule has 0 unspecified atom stereocenters. The van der Waals surface area contributed by atoms with Crippen molar-refractivity contribution in [2.45, 2.75) is 44.2 Å². The monoisotopic (exact) mass is 580 g/mol. The van der Waals surface area contributed by atoms with E-state index in [1.165, 1.54) is 10.6 Å². The zero-order chi connectivity index (χ0) is 29.0. The van der Waals surface area contributed by atoms with Crippen LogP contribution in [0.25, 0.3) is 22.2 Å². The summed E-state index contributed by atoms with van der Waals surface area (Å²) < 4.78 is 25.8. The fraction of sp³-hybridized carbons (Fsp3) is 0.500. The number of nitriles is 1. The third kappa shape index (κ3) is 6.45. The first-order valence-electron chi connectivity index (χ1n) is 14.0. The number of fused-ring (bicyclic) bond motifs is 1. The van der Waals surface area contributed by atoms with Gasteiger partial charge in [0.15, 0.2) is 0 Å². The molecule has 1 amide bonds. The number of hydrogen-bond donors (Lipinski definition) is 3. The third-order valence-electron chi connectivity index (χ3n) is 8.00. The molecule has 1 saturated carbocycles. The summed E-state index contributed by atoms with van der Waals surface area (Å²) in [4.78, 5) is 28.8. The first-order chi connectivity index (χ1) is 19.8. The number of rotatable bonds is 9. The van der Waals surface area contributed by atoms with Gasteiger partial charge in [-0.25, -0.2) is 18.4 Å². The number of aliphatic hydroxyl groups excluding tert-OH is 1. The van der Waals surface area contributed by atoms with E-state index in [1.54, 1.807) is 11.1 Å². The highest BCUT2D eigenvalue weighted by atomic mass is 32.2. The minimum Gasteiger partial charge on any atom is -0.395 e. The van der Waals surface area contributed by atoms with E-state index in [2.05, 4.69) is 26.3 Å². The summed E-state index contributed by atoms with van der Waals surface area (Å²) in [6.45, 7) is 2.42. The molecule has 1 aliphatic carbocycles. The third-order valence-corrected chi connectivity index (χ3v) is 9.33. The van der Waals surface area contributed by atoms with Crippen molar-refractivity contribution in [2.24, 2.45) is 0 Å². The number of amides is 1. The van der Waals surface area contributed by atoms with Gasteiger partial charge in [-0.15, -0.1) is 0 Å². The van der Waals surface area contributed by atoms with E-state index in [1.807, 2.05) is 30.5 Å². The molecule has 1 aliphatic heterocycles. The van der Waals surface area contributed by atoms with Gasteiger partial charge in [-0.1, -0.05) is 6.07 Å². The van der Waals surface area contributed by atoms with E-state index in [9.17, 15) is 18.3 Å². The fourth-order valence-corrected chi connectivity index (χ4v) is 7.16. The largest absolute Gasteiger partial charge is 0.395 e. The predicted molar refractivity (Wildman–Crippen MR) is 157 cm³/mol. The molecule has 0 spiro atoms. The molecule has 3 aromatic rings. The molecule has 0 radical (unpaired) electrons. The first kappa shape index (κ1) is 28.8. The molecule has 1 saturated heterocycles. The van der Waals surface area contributed by atoms with Crippen molar-refractivity contribution in [3.8, 4) is 17.3 Å². The van der Waals surface area contributed by atoms with Crippen LogP contribution in [-0.2, 0) is 14.8 Å². The van der Waals surface area contributed by atoms with E-state index in [-0.39, 0.29) is 37.6 Å². The van der Waals surface area contributed by atoms with Crippen molar-refractivity contribution in [3.05, 3.63) is 36.7 Å². The SMILES string of the molecule is CS(=O)(=O)N(CCO)C1CCC(Nc2nccc(-c3c[nH]c4cccc(N5CCN(C(=O)CC#N)CC5)c34)n2)CC1. The highest BCUT2D eigenvalue weighted by molar-refractivity contribution is 7.88. The van der Waals surface area contributed by atoms with Crippen LogP contribution in [0.3, 0.4) is 0 Å². The number of aromatic amines is 1. The Hall–Kier alpha value is -3.73. The van der Waals surface area contributed by atoms with Gasteiger partial charge in [0.05, 0.1) is 24.6 Å². The Labute approximate surface area is 240 Å². The van der Waals surface area contributed by atoms with E-state index in [0.717, 1.165) is 40.7 Å². The number of aromatic nitrogens is 3. The second-order valence-corrected chi connectivity index (χ2v) is 12.6. The number of benzene rings is 1. The summed E-state index contributed by atoms with van der Waals surface area (Å²) in [6, 6.07) is 9.97. The van der Waals surface area contributed by atoms with Crippen LogP contribution in [0.2, 0.25) is 0 Å². The summed E-state index contributed by atoms with van der Waals surface area (Å²) >= 11 is 0.